The van der Waals surface area contributed by atoms with Crippen LogP contribution in [0, 0.1) is 5.92 Å². The maximum atomic E-state index is 13.7. The fourth-order valence-corrected chi connectivity index (χ4v) is 5.23. The van der Waals surface area contributed by atoms with Crippen molar-refractivity contribution >= 4 is 23.6 Å². The maximum absolute atomic E-state index is 13.7. The van der Waals surface area contributed by atoms with Crippen molar-refractivity contribution in [2.45, 2.75) is 57.7 Å². The zero-order valence-corrected chi connectivity index (χ0v) is 24.8. The van der Waals surface area contributed by atoms with Crippen LogP contribution in [0.25, 0.3) is 0 Å². The number of hydrogen-bond acceptors (Lipinski definition) is 6. The Kier molecular flexibility index (Phi) is 10.9. The molecule has 2 aromatic carbocycles. The molecule has 0 bridgehead atoms. The fourth-order valence-electron chi connectivity index (χ4n) is 5.23. The number of benzene rings is 2. The van der Waals surface area contributed by atoms with Gasteiger partial charge in [0.2, 0.25) is 17.7 Å². The number of likely N-dealkylation sites (N-methyl/N-ethyl adjacent to an activating group) is 1. The van der Waals surface area contributed by atoms with E-state index in [9.17, 15) is 19.2 Å². The molecule has 0 aliphatic carbocycles. The van der Waals surface area contributed by atoms with Gasteiger partial charge in [0.25, 0.3) is 5.91 Å². The topological polar surface area (TPSA) is 120 Å². The van der Waals surface area contributed by atoms with Crippen LogP contribution >= 0.6 is 0 Å². The van der Waals surface area contributed by atoms with Crippen LogP contribution in [0.4, 0.5) is 0 Å². The number of amides is 4. The largest absolute Gasteiger partial charge is 0.491 e. The third-order valence-corrected chi connectivity index (χ3v) is 7.91. The zero-order chi connectivity index (χ0) is 30.1. The Hall–Kier alpha value is -3.92. The van der Waals surface area contributed by atoms with Crippen molar-refractivity contribution in [1.82, 2.24) is 25.8 Å². The second-order valence-electron chi connectivity index (χ2n) is 11.5. The molecule has 226 valence electrons. The van der Waals surface area contributed by atoms with Gasteiger partial charge in [-0.05, 0) is 50.0 Å². The van der Waals surface area contributed by atoms with Gasteiger partial charge in [0.05, 0.1) is 11.6 Å². The summed E-state index contributed by atoms with van der Waals surface area (Å²) in [5.41, 5.74) is 1.20. The van der Waals surface area contributed by atoms with E-state index in [1.165, 1.54) is 0 Å². The summed E-state index contributed by atoms with van der Waals surface area (Å²) in [7, 11) is 2.02. The first-order valence-electron chi connectivity index (χ1n) is 14.8. The van der Waals surface area contributed by atoms with Gasteiger partial charge in [0.15, 0.2) is 0 Å². The molecule has 0 saturated carbocycles. The molecule has 2 heterocycles. The van der Waals surface area contributed by atoms with Gasteiger partial charge >= 0.3 is 0 Å². The SMILES string of the molecule is CC(C)[C@@H]1COc2ccccc2C(=O)N[C@H](C(=O)N2CCCN(C)CC2)CCC(=O)N[C@@H](Cc2ccccc2)C(=O)N1. The molecule has 2 aliphatic heterocycles. The lowest BCUT2D eigenvalue weighted by molar-refractivity contribution is -0.134. The molecule has 1 saturated heterocycles. The lowest BCUT2D eigenvalue weighted by Crippen LogP contribution is -2.53. The van der Waals surface area contributed by atoms with Crippen LogP contribution in [0.2, 0.25) is 0 Å². The highest BCUT2D eigenvalue weighted by Gasteiger charge is 2.31. The molecule has 0 radical (unpaired) electrons. The summed E-state index contributed by atoms with van der Waals surface area (Å²) in [6.45, 7) is 6.82. The number of fused-ring (bicyclic) bond motifs is 1. The minimum absolute atomic E-state index is 0.0216. The molecule has 10 nitrogen and oxygen atoms in total. The van der Waals surface area contributed by atoms with E-state index >= 15 is 0 Å². The molecular formula is C32H43N5O5. The molecule has 42 heavy (non-hydrogen) atoms. The van der Waals surface area contributed by atoms with E-state index in [0.717, 1.165) is 25.1 Å². The highest BCUT2D eigenvalue weighted by atomic mass is 16.5. The quantitative estimate of drug-likeness (QED) is 0.512. The highest BCUT2D eigenvalue weighted by Crippen LogP contribution is 2.20. The van der Waals surface area contributed by atoms with E-state index in [1.54, 1.807) is 29.2 Å². The Bertz CT molecular complexity index is 1240. The van der Waals surface area contributed by atoms with Crippen LogP contribution in [0.5, 0.6) is 5.75 Å². The summed E-state index contributed by atoms with van der Waals surface area (Å²) >= 11 is 0. The molecule has 2 aliphatic rings. The van der Waals surface area contributed by atoms with Gasteiger partial charge in [-0.25, -0.2) is 0 Å². The van der Waals surface area contributed by atoms with Crippen LogP contribution in [0.3, 0.4) is 0 Å². The van der Waals surface area contributed by atoms with E-state index < -0.39 is 18.0 Å². The fraction of sp³-hybridized carbons (Fsp3) is 0.500. The summed E-state index contributed by atoms with van der Waals surface area (Å²) in [5, 5.41) is 8.85. The van der Waals surface area contributed by atoms with E-state index in [2.05, 4.69) is 20.9 Å². The molecule has 4 amide bonds. The Morgan fingerprint density at radius 1 is 0.929 bits per heavy atom. The van der Waals surface area contributed by atoms with Crippen molar-refractivity contribution in [3.63, 3.8) is 0 Å². The lowest BCUT2D eigenvalue weighted by atomic mass is 10.0. The van der Waals surface area contributed by atoms with Gasteiger partial charge in [-0.3, -0.25) is 19.2 Å². The molecule has 4 rings (SSSR count). The van der Waals surface area contributed by atoms with Crippen molar-refractivity contribution in [3.8, 4) is 5.75 Å². The van der Waals surface area contributed by atoms with Crippen molar-refractivity contribution in [2.75, 3.05) is 39.8 Å². The van der Waals surface area contributed by atoms with Gasteiger partial charge in [0.1, 0.15) is 24.4 Å². The van der Waals surface area contributed by atoms with Crippen LogP contribution in [0.1, 0.15) is 49.0 Å². The van der Waals surface area contributed by atoms with Crippen LogP contribution in [-0.4, -0.2) is 91.4 Å². The number of carbonyl (C=O) groups is 4. The molecule has 0 spiro atoms. The van der Waals surface area contributed by atoms with Crippen molar-refractivity contribution in [2.24, 2.45) is 5.92 Å². The Morgan fingerprint density at radius 2 is 1.67 bits per heavy atom. The first-order chi connectivity index (χ1) is 20.2. The Balaban J connectivity index is 1.63. The summed E-state index contributed by atoms with van der Waals surface area (Å²) < 4.78 is 6.11. The van der Waals surface area contributed by atoms with Crippen molar-refractivity contribution in [1.29, 1.82) is 0 Å². The molecule has 3 N–H and O–H groups in total. The number of para-hydroxylation sites is 1. The third kappa shape index (κ3) is 8.55. The average Bonchev–Trinajstić information content (AvgIpc) is 3.20. The van der Waals surface area contributed by atoms with Crippen LogP contribution in [0.15, 0.2) is 54.6 Å². The van der Waals surface area contributed by atoms with Gasteiger partial charge in [-0.15, -0.1) is 0 Å². The number of rotatable bonds is 4. The molecule has 0 aromatic heterocycles. The summed E-state index contributed by atoms with van der Waals surface area (Å²) in [5.74, 6) is -0.948. The third-order valence-electron chi connectivity index (χ3n) is 7.91. The molecular weight excluding hydrogens is 534 g/mol. The minimum Gasteiger partial charge on any atom is -0.491 e. The molecule has 3 atom stereocenters. The summed E-state index contributed by atoms with van der Waals surface area (Å²) in [4.78, 5) is 58.0. The average molecular weight is 578 g/mol. The van der Waals surface area contributed by atoms with Gasteiger partial charge in [-0.1, -0.05) is 56.3 Å². The van der Waals surface area contributed by atoms with Crippen LogP contribution < -0.4 is 20.7 Å². The highest BCUT2D eigenvalue weighted by molar-refractivity contribution is 6.00. The number of hydrogen-bond donors (Lipinski definition) is 3. The second-order valence-corrected chi connectivity index (χ2v) is 11.5. The number of carbonyl (C=O) groups excluding carboxylic acids is 4. The van der Waals surface area contributed by atoms with Gasteiger partial charge in [-0.2, -0.15) is 0 Å². The molecule has 10 heteroatoms. The van der Waals surface area contributed by atoms with E-state index in [-0.39, 0.29) is 49.1 Å². The molecule has 1 fully saturated rings. The van der Waals surface area contributed by atoms with Gasteiger partial charge < -0.3 is 30.5 Å². The molecule has 0 unspecified atom stereocenters. The van der Waals surface area contributed by atoms with E-state index in [1.807, 2.05) is 51.2 Å². The minimum atomic E-state index is -0.908. The zero-order valence-electron chi connectivity index (χ0n) is 24.8. The Labute approximate surface area is 248 Å². The Morgan fingerprint density at radius 3 is 2.43 bits per heavy atom. The van der Waals surface area contributed by atoms with Gasteiger partial charge in [0, 0.05) is 32.5 Å². The van der Waals surface area contributed by atoms with Crippen molar-refractivity contribution in [3.05, 3.63) is 65.7 Å². The number of ether oxygens (including phenoxy) is 1. The number of nitrogens with one attached hydrogen (secondary N) is 3. The predicted molar refractivity (Wildman–Crippen MR) is 160 cm³/mol. The smallest absolute Gasteiger partial charge is 0.255 e. The lowest BCUT2D eigenvalue weighted by Gasteiger charge is -2.27. The number of nitrogens with zero attached hydrogens (tertiary/aromatic N) is 2. The monoisotopic (exact) mass is 577 g/mol. The van der Waals surface area contributed by atoms with Crippen LogP contribution in [-0.2, 0) is 20.8 Å². The summed E-state index contributed by atoms with van der Waals surface area (Å²) in [6.07, 6.45) is 1.20. The van der Waals surface area contributed by atoms with Crippen molar-refractivity contribution < 1.29 is 23.9 Å². The predicted octanol–water partition coefficient (Wildman–Crippen LogP) is 1.99. The van der Waals surface area contributed by atoms with E-state index in [4.69, 9.17) is 4.74 Å². The summed E-state index contributed by atoms with van der Waals surface area (Å²) in [6, 6.07) is 14.3. The maximum Gasteiger partial charge on any atom is 0.255 e. The normalized spacial score (nSPS) is 23.3. The first kappa shape index (κ1) is 31.0. The standard InChI is InChI=1S/C32H43N5O5/c1-22(2)27-21-42-28-13-8-7-12-24(28)30(39)34-25(32(41)37-17-9-16-36(3)18-19-37)14-15-29(38)33-26(31(40)35-27)20-23-10-5-4-6-11-23/h4-8,10-13,22,25-27H,9,14-21H2,1-3H3,(H,33,38)(H,34,39)(H,35,40)/t25-,26-,27-/m0/s1. The molecule has 2 aromatic rings. The van der Waals surface area contributed by atoms with E-state index in [0.29, 0.717) is 30.8 Å². The second kappa shape index (κ2) is 14.8. The first-order valence-corrected chi connectivity index (χ1v) is 14.8.